The number of hydrogen-bond acceptors (Lipinski definition) is 3. The van der Waals surface area contributed by atoms with E-state index >= 15 is 0 Å². The third-order valence-corrected chi connectivity index (χ3v) is 3.64. The highest BCUT2D eigenvalue weighted by Crippen LogP contribution is 2.12. The van der Waals surface area contributed by atoms with Crippen LogP contribution in [0, 0.1) is 0 Å². The fourth-order valence-electron chi connectivity index (χ4n) is 2.30. The van der Waals surface area contributed by atoms with Gasteiger partial charge in [-0.05, 0) is 37.5 Å². The SMILES string of the molecule is CCCCCCN=C(NCC)NCCc1ccc(OCC(N)=O)cc1.I. The summed E-state index contributed by atoms with van der Waals surface area (Å²) in [5, 5.41) is 6.63. The Hall–Kier alpha value is -1.51. The van der Waals surface area contributed by atoms with Crippen LogP contribution in [-0.4, -0.2) is 38.1 Å². The lowest BCUT2D eigenvalue weighted by Crippen LogP contribution is -2.38. The summed E-state index contributed by atoms with van der Waals surface area (Å²) in [4.78, 5) is 15.3. The van der Waals surface area contributed by atoms with Crippen molar-refractivity contribution in [3.8, 4) is 5.75 Å². The number of primary amides is 1. The summed E-state index contributed by atoms with van der Waals surface area (Å²) in [5.74, 6) is 1.05. The van der Waals surface area contributed by atoms with Crippen LogP contribution in [0.2, 0.25) is 0 Å². The molecule has 26 heavy (non-hydrogen) atoms. The van der Waals surface area contributed by atoms with Crippen molar-refractivity contribution in [2.45, 2.75) is 46.0 Å². The number of rotatable bonds is 12. The summed E-state index contributed by atoms with van der Waals surface area (Å²) in [6, 6.07) is 7.69. The zero-order valence-corrected chi connectivity index (χ0v) is 18.3. The van der Waals surface area contributed by atoms with Crippen molar-refractivity contribution in [1.29, 1.82) is 0 Å². The normalized spacial score (nSPS) is 10.8. The minimum atomic E-state index is -0.474. The molecule has 148 valence electrons. The molecule has 7 heteroatoms. The predicted molar refractivity (Wildman–Crippen MR) is 118 cm³/mol. The number of halogens is 1. The molecule has 0 bridgehead atoms. The number of nitrogens with one attached hydrogen (secondary N) is 2. The summed E-state index contributed by atoms with van der Waals surface area (Å²) in [6.07, 6.45) is 5.78. The highest BCUT2D eigenvalue weighted by atomic mass is 127. The van der Waals surface area contributed by atoms with Crippen molar-refractivity contribution >= 4 is 35.8 Å². The minimum Gasteiger partial charge on any atom is -0.484 e. The molecule has 1 aromatic carbocycles. The molecular formula is C19H33IN4O2. The van der Waals surface area contributed by atoms with Crippen LogP contribution in [0.1, 0.15) is 45.1 Å². The number of nitrogens with zero attached hydrogens (tertiary/aromatic N) is 1. The highest BCUT2D eigenvalue weighted by molar-refractivity contribution is 14.0. The van der Waals surface area contributed by atoms with Crippen LogP contribution in [0.4, 0.5) is 0 Å². The third kappa shape index (κ3) is 11.9. The van der Waals surface area contributed by atoms with Gasteiger partial charge in [0.1, 0.15) is 5.75 Å². The molecule has 0 spiro atoms. The lowest BCUT2D eigenvalue weighted by Gasteiger charge is -2.11. The first-order valence-corrected chi connectivity index (χ1v) is 9.18. The van der Waals surface area contributed by atoms with Gasteiger partial charge in [-0.15, -0.1) is 24.0 Å². The van der Waals surface area contributed by atoms with Crippen molar-refractivity contribution in [1.82, 2.24) is 10.6 Å². The van der Waals surface area contributed by atoms with E-state index in [0.717, 1.165) is 38.4 Å². The van der Waals surface area contributed by atoms with Gasteiger partial charge >= 0.3 is 0 Å². The molecule has 4 N–H and O–H groups in total. The van der Waals surface area contributed by atoms with E-state index in [-0.39, 0.29) is 30.6 Å². The number of carbonyl (C=O) groups is 1. The monoisotopic (exact) mass is 476 g/mol. The molecule has 1 aromatic rings. The van der Waals surface area contributed by atoms with Crippen LogP contribution in [0.5, 0.6) is 5.75 Å². The van der Waals surface area contributed by atoms with Gasteiger partial charge in [0.2, 0.25) is 0 Å². The minimum absolute atomic E-state index is 0. The zero-order chi connectivity index (χ0) is 18.3. The number of carbonyl (C=O) groups excluding carboxylic acids is 1. The molecule has 0 fully saturated rings. The molecule has 0 aliphatic heterocycles. The van der Waals surface area contributed by atoms with Crippen LogP contribution >= 0.6 is 24.0 Å². The average Bonchev–Trinajstić information content (AvgIpc) is 2.60. The van der Waals surface area contributed by atoms with Crippen LogP contribution in [-0.2, 0) is 11.2 Å². The Bertz CT molecular complexity index is 521. The van der Waals surface area contributed by atoms with Crippen molar-refractivity contribution in [3.63, 3.8) is 0 Å². The molecule has 0 atom stereocenters. The van der Waals surface area contributed by atoms with Gasteiger partial charge in [-0.25, -0.2) is 0 Å². The van der Waals surface area contributed by atoms with E-state index in [2.05, 4.69) is 29.5 Å². The first-order chi connectivity index (χ1) is 12.2. The molecule has 1 rings (SSSR count). The molecule has 0 aliphatic rings. The average molecular weight is 476 g/mol. The molecule has 0 saturated heterocycles. The number of aliphatic imine (C=N–C) groups is 1. The fourth-order valence-corrected chi connectivity index (χ4v) is 2.30. The van der Waals surface area contributed by atoms with E-state index < -0.39 is 5.91 Å². The fraction of sp³-hybridized carbons (Fsp3) is 0.579. The Balaban J connectivity index is 0.00000625. The maximum atomic E-state index is 10.7. The standard InChI is InChI=1S/C19H32N4O2.HI/c1-3-5-6-7-13-22-19(21-4-2)23-14-12-16-8-10-17(11-9-16)25-15-18(20)24;/h8-11H,3-7,12-15H2,1-2H3,(H2,20,24)(H2,21,22,23);1H. The largest absolute Gasteiger partial charge is 0.484 e. The molecule has 0 unspecified atom stereocenters. The van der Waals surface area contributed by atoms with Gasteiger partial charge in [-0.3, -0.25) is 9.79 Å². The Labute approximate surface area is 174 Å². The van der Waals surface area contributed by atoms with Crippen LogP contribution in [0.25, 0.3) is 0 Å². The number of hydrogen-bond donors (Lipinski definition) is 3. The Morgan fingerprint density at radius 2 is 1.85 bits per heavy atom. The quantitative estimate of drug-likeness (QED) is 0.187. The maximum Gasteiger partial charge on any atom is 0.255 e. The van der Waals surface area contributed by atoms with Gasteiger partial charge in [0.05, 0.1) is 0 Å². The second-order valence-corrected chi connectivity index (χ2v) is 5.90. The number of unbranched alkanes of at least 4 members (excludes halogenated alkanes) is 3. The lowest BCUT2D eigenvalue weighted by atomic mass is 10.1. The molecule has 0 heterocycles. The van der Waals surface area contributed by atoms with E-state index in [1.807, 2.05) is 24.3 Å². The molecule has 0 radical (unpaired) electrons. The van der Waals surface area contributed by atoms with E-state index in [1.165, 1.54) is 24.8 Å². The van der Waals surface area contributed by atoms with Crippen molar-refractivity contribution in [2.75, 3.05) is 26.2 Å². The number of guanidine groups is 1. The first-order valence-electron chi connectivity index (χ1n) is 9.18. The molecule has 0 aliphatic carbocycles. The topological polar surface area (TPSA) is 88.7 Å². The Kier molecular flexibility index (Phi) is 14.8. The van der Waals surface area contributed by atoms with Gasteiger partial charge in [-0.1, -0.05) is 38.3 Å². The molecule has 6 nitrogen and oxygen atoms in total. The number of nitrogens with two attached hydrogens (primary N) is 1. The summed E-state index contributed by atoms with van der Waals surface area (Å²) in [6.45, 7) is 6.71. The van der Waals surface area contributed by atoms with Gasteiger partial charge in [0, 0.05) is 19.6 Å². The maximum absolute atomic E-state index is 10.7. The van der Waals surface area contributed by atoms with Gasteiger partial charge in [-0.2, -0.15) is 0 Å². The van der Waals surface area contributed by atoms with Crippen LogP contribution in [0.3, 0.4) is 0 Å². The lowest BCUT2D eigenvalue weighted by molar-refractivity contribution is -0.119. The van der Waals surface area contributed by atoms with Crippen molar-refractivity contribution in [2.24, 2.45) is 10.7 Å². The molecule has 1 amide bonds. The van der Waals surface area contributed by atoms with Crippen molar-refractivity contribution in [3.05, 3.63) is 29.8 Å². The molecule has 0 saturated carbocycles. The van der Waals surface area contributed by atoms with E-state index in [1.54, 1.807) is 0 Å². The predicted octanol–water partition coefficient (Wildman–Crippen LogP) is 2.85. The van der Waals surface area contributed by atoms with Gasteiger partial charge in [0.25, 0.3) is 5.91 Å². The highest BCUT2D eigenvalue weighted by Gasteiger charge is 2.00. The zero-order valence-electron chi connectivity index (χ0n) is 15.9. The molecule has 0 aromatic heterocycles. The van der Waals surface area contributed by atoms with E-state index in [0.29, 0.717) is 5.75 Å². The van der Waals surface area contributed by atoms with E-state index in [9.17, 15) is 4.79 Å². The molecular weight excluding hydrogens is 443 g/mol. The first kappa shape index (κ1) is 24.5. The number of ether oxygens (including phenoxy) is 1. The summed E-state index contributed by atoms with van der Waals surface area (Å²) < 4.78 is 5.25. The number of benzene rings is 1. The Morgan fingerprint density at radius 3 is 2.46 bits per heavy atom. The second kappa shape index (κ2) is 15.7. The van der Waals surface area contributed by atoms with E-state index in [4.69, 9.17) is 10.5 Å². The summed E-state index contributed by atoms with van der Waals surface area (Å²) in [7, 11) is 0. The third-order valence-electron chi connectivity index (χ3n) is 3.64. The number of amides is 1. The van der Waals surface area contributed by atoms with Crippen LogP contribution < -0.4 is 21.1 Å². The smallest absolute Gasteiger partial charge is 0.255 e. The Morgan fingerprint density at radius 1 is 1.12 bits per heavy atom. The van der Waals surface area contributed by atoms with Gasteiger partial charge < -0.3 is 21.1 Å². The van der Waals surface area contributed by atoms with Crippen LogP contribution in [0.15, 0.2) is 29.3 Å². The summed E-state index contributed by atoms with van der Waals surface area (Å²) >= 11 is 0. The van der Waals surface area contributed by atoms with Crippen molar-refractivity contribution < 1.29 is 9.53 Å². The second-order valence-electron chi connectivity index (χ2n) is 5.90. The summed E-state index contributed by atoms with van der Waals surface area (Å²) in [5.41, 5.74) is 6.25. The van der Waals surface area contributed by atoms with Gasteiger partial charge in [0.15, 0.2) is 12.6 Å².